The van der Waals surface area contributed by atoms with Gasteiger partial charge in [0.1, 0.15) is 11.6 Å². The molecule has 10 nitrogen and oxygen atoms in total. The van der Waals surface area contributed by atoms with Crippen LogP contribution in [0, 0.1) is 11.8 Å². The second kappa shape index (κ2) is 15.3. The Balaban J connectivity index is 3.24. The molecule has 3 unspecified atom stereocenters. The summed E-state index contributed by atoms with van der Waals surface area (Å²) in [5.74, 6) is -2.93. The van der Waals surface area contributed by atoms with E-state index in [1.807, 2.05) is 13.8 Å². The normalized spacial score (nSPS) is 15.1. The summed E-state index contributed by atoms with van der Waals surface area (Å²) in [7, 11) is 0. The Kier molecular flexibility index (Phi) is 13.3. The highest BCUT2D eigenvalue weighted by atomic mass is 16.7. The topological polar surface area (TPSA) is 151 Å². The van der Waals surface area contributed by atoms with Crippen molar-refractivity contribution in [2.24, 2.45) is 17.6 Å². The van der Waals surface area contributed by atoms with Crippen molar-refractivity contribution in [1.82, 2.24) is 0 Å². The van der Waals surface area contributed by atoms with E-state index in [0.29, 0.717) is 18.4 Å². The number of carbonyl (C=O) groups is 4. The maximum absolute atomic E-state index is 12.7. The van der Waals surface area contributed by atoms with Crippen LogP contribution in [0.1, 0.15) is 86.1 Å². The van der Waals surface area contributed by atoms with Gasteiger partial charge in [-0.25, -0.2) is 4.79 Å². The molecule has 0 bridgehead atoms. The largest absolute Gasteiger partial charge is 0.508 e. The van der Waals surface area contributed by atoms with E-state index in [4.69, 9.17) is 24.7 Å². The molecule has 10 heteroatoms. The number of hydrogen-bond acceptors (Lipinski definition) is 9. The molecule has 1 rings (SSSR count). The van der Waals surface area contributed by atoms with Gasteiger partial charge in [0.2, 0.25) is 0 Å². The first-order valence-corrected chi connectivity index (χ1v) is 13.2. The Bertz CT molecular complexity index is 962. The molecule has 0 radical (unpaired) electrons. The minimum atomic E-state index is -1.82. The van der Waals surface area contributed by atoms with Crippen LogP contribution >= 0.6 is 0 Å². The van der Waals surface area contributed by atoms with Crippen molar-refractivity contribution in [3.05, 3.63) is 23.8 Å². The standard InChI is InChI=1S/C28H43NO9/c1-8-10-18(5)24(30)37-22-13-12-21(14-23(22)38-25(31)19(6)11-9-2)16-28(29,26(32)33)15-20(7)36-27(34)35-17(3)4/h12-14,17-20H,8-11,15-16,29H2,1-7H3,(H,32,33)/t18?,19?,20-,28?/m0/s1. The first-order valence-electron chi connectivity index (χ1n) is 13.2. The van der Waals surface area contributed by atoms with Gasteiger partial charge in [-0.3, -0.25) is 14.4 Å². The van der Waals surface area contributed by atoms with E-state index in [-0.39, 0.29) is 36.2 Å². The number of ether oxygens (including phenoxy) is 4. The van der Waals surface area contributed by atoms with E-state index >= 15 is 0 Å². The minimum absolute atomic E-state index is 0.00468. The van der Waals surface area contributed by atoms with E-state index in [9.17, 15) is 24.3 Å². The highest BCUT2D eigenvalue weighted by Crippen LogP contribution is 2.32. The Labute approximate surface area is 225 Å². The fraction of sp³-hybridized carbons (Fsp3) is 0.643. The summed E-state index contributed by atoms with van der Waals surface area (Å²) in [6.07, 6.45) is 0.295. The average molecular weight is 538 g/mol. The van der Waals surface area contributed by atoms with E-state index in [1.165, 1.54) is 19.1 Å². The van der Waals surface area contributed by atoms with Crippen LogP contribution in [0.4, 0.5) is 4.79 Å². The van der Waals surface area contributed by atoms with Crippen molar-refractivity contribution < 1.29 is 43.2 Å². The summed E-state index contributed by atoms with van der Waals surface area (Å²) in [5.41, 5.74) is 4.87. The lowest BCUT2D eigenvalue weighted by Crippen LogP contribution is -2.52. The predicted octanol–water partition coefficient (Wildman–Crippen LogP) is 5.03. The summed E-state index contributed by atoms with van der Waals surface area (Å²) in [5, 5.41) is 9.90. The number of nitrogens with two attached hydrogens (primary N) is 1. The molecule has 0 amide bonds. The zero-order chi connectivity index (χ0) is 29.0. The minimum Gasteiger partial charge on any atom is -0.480 e. The van der Waals surface area contributed by atoms with Crippen LogP contribution in [0.3, 0.4) is 0 Å². The Morgan fingerprint density at radius 3 is 1.87 bits per heavy atom. The Hall–Kier alpha value is -3.14. The molecule has 0 aromatic heterocycles. The summed E-state index contributed by atoms with van der Waals surface area (Å²) in [6.45, 7) is 12.3. The maximum Gasteiger partial charge on any atom is 0.508 e. The molecule has 0 aliphatic rings. The molecule has 0 aliphatic heterocycles. The van der Waals surface area contributed by atoms with Crippen LogP contribution in [0.15, 0.2) is 18.2 Å². The second-order valence-electron chi connectivity index (χ2n) is 10.2. The summed E-state index contributed by atoms with van der Waals surface area (Å²) in [4.78, 5) is 49.2. The number of esters is 2. The van der Waals surface area contributed by atoms with E-state index in [1.54, 1.807) is 33.8 Å². The van der Waals surface area contributed by atoms with Gasteiger partial charge < -0.3 is 29.8 Å². The molecule has 0 heterocycles. The monoisotopic (exact) mass is 537 g/mol. The molecule has 0 fully saturated rings. The molecule has 1 aromatic carbocycles. The molecule has 1 aromatic rings. The van der Waals surface area contributed by atoms with Crippen molar-refractivity contribution in [2.45, 2.75) is 105 Å². The molecule has 0 spiro atoms. The quantitative estimate of drug-likeness (QED) is 0.230. The third kappa shape index (κ3) is 10.7. The number of rotatable bonds is 15. The third-order valence-electron chi connectivity index (χ3n) is 5.90. The van der Waals surface area contributed by atoms with Crippen LogP contribution in [0.25, 0.3) is 0 Å². The maximum atomic E-state index is 12.7. The van der Waals surface area contributed by atoms with Crippen LogP contribution < -0.4 is 15.2 Å². The smallest absolute Gasteiger partial charge is 0.480 e. The van der Waals surface area contributed by atoms with E-state index in [2.05, 4.69) is 0 Å². The fourth-order valence-electron chi connectivity index (χ4n) is 3.88. The predicted molar refractivity (Wildman–Crippen MR) is 141 cm³/mol. The SMILES string of the molecule is CCCC(C)C(=O)Oc1ccc(CC(N)(C[C@H](C)OC(=O)OC(C)C)C(=O)O)cc1OC(=O)C(C)CCC. The van der Waals surface area contributed by atoms with Gasteiger partial charge in [-0.15, -0.1) is 0 Å². The molecule has 4 atom stereocenters. The lowest BCUT2D eigenvalue weighted by atomic mass is 9.86. The van der Waals surface area contributed by atoms with Crippen molar-refractivity contribution >= 4 is 24.1 Å². The van der Waals surface area contributed by atoms with Gasteiger partial charge in [0.05, 0.1) is 17.9 Å². The molecule has 0 aliphatic carbocycles. The van der Waals surface area contributed by atoms with Crippen molar-refractivity contribution in [1.29, 1.82) is 0 Å². The molecular weight excluding hydrogens is 494 g/mol. The van der Waals surface area contributed by atoms with Gasteiger partial charge in [-0.2, -0.15) is 0 Å². The Morgan fingerprint density at radius 2 is 1.39 bits per heavy atom. The van der Waals surface area contributed by atoms with Crippen molar-refractivity contribution in [2.75, 3.05) is 0 Å². The summed E-state index contributed by atoms with van der Waals surface area (Å²) < 4.78 is 21.2. The second-order valence-corrected chi connectivity index (χ2v) is 10.2. The highest BCUT2D eigenvalue weighted by molar-refractivity contribution is 5.80. The summed E-state index contributed by atoms with van der Waals surface area (Å²) in [6, 6.07) is 4.47. The molecule has 0 saturated carbocycles. The lowest BCUT2D eigenvalue weighted by Gasteiger charge is -2.28. The first-order chi connectivity index (χ1) is 17.7. The fourth-order valence-corrected chi connectivity index (χ4v) is 3.88. The lowest BCUT2D eigenvalue weighted by molar-refractivity contribution is -0.145. The number of carboxylic acid groups (broad SMARTS) is 1. The molecule has 38 heavy (non-hydrogen) atoms. The number of benzene rings is 1. The average Bonchev–Trinajstić information content (AvgIpc) is 2.79. The molecular formula is C28H43NO9. The van der Waals surface area contributed by atoms with Gasteiger partial charge in [0.25, 0.3) is 0 Å². The van der Waals surface area contributed by atoms with Crippen molar-refractivity contribution in [3.63, 3.8) is 0 Å². The molecule has 0 saturated heterocycles. The number of carboxylic acids is 1. The van der Waals surface area contributed by atoms with E-state index in [0.717, 1.165) is 12.8 Å². The number of carbonyl (C=O) groups excluding carboxylic acids is 3. The first kappa shape index (κ1) is 32.9. The van der Waals surface area contributed by atoms with Crippen LogP contribution in [-0.2, 0) is 30.3 Å². The number of aliphatic carboxylic acids is 1. The summed E-state index contributed by atoms with van der Waals surface area (Å²) >= 11 is 0. The Morgan fingerprint density at radius 1 is 0.868 bits per heavy atom. The molecule has 3 N–H and O–H groups in total. The van der Waals surface area contributed by atoms with Gasteiger partial charge in [0.15, 0.2) is 11.5 Å². The van der Waals surface area contributed by atoms with Gasteiger partial charge >= 0.3 is 24.1 Å². The van der Waals surface area contributed by atoms with Crippen LogP contribution in [-0.4, -0.2) is 46.9 Å². The van der Waals surface area contributed by atoms with Gasteiger partial charge in [0, 0.05) is 12.8 Å². The molecule has 214 valence electrons. The highest BCUT2D eigenvalue weighted by Gasteiger charge is 2.37. The van der Waals surface area contributed by atoms with Crippen LogP contribution in [0.2, 0.25) is 0 Å². The number of hydrogen-bond donors (Lipinski definition) is 2. The van der Waals surface area contributed by atoms with Crippen molar-refractivity contribution in [3.8, 4) is 11.5 Å². The van der Waals surface area contributed by atoms with Gasteiger partial charge in [-0.05, 0) is 51.3 Å². The third-order valence-corrected chi connectivity index (χ3v) is 5.90. The zero-order valence-electron chi connectivity index (χ0n) is 23.6. The zero-order valence-corrected chi connectivity index (χ0v) is 23.6. The van der Waals surface area contributed by atoms with Gasteiger partial charge in [-0.1, -0.05) is 46.6 Å². The van der Waals surface area contributed by atoms with E-state index < -0.39 is 41.8 Å². The van der Waals surface area contributed by atoms with Crippen LogP contribution in [0.5, 0.6) is 11.5 Å².